The molecule has 1 aromatic carbocycles. The molecular formula is C14H14FN3O3. The number of hydrogen-bond acceptors (Lipinski definition) is 4. The molecule has 0 saturated carbocycles. The summed E-state index contributed by atoms with van der Waals surface area (Å²) in [6.07, 6.45) is 2.11. The molecule has 0 bridgehead atoms. The summed E-state index contributed by atoms with van der Waals surface area (Å²) >= 11 is 0. The van der Waals surface area contributed by atoms with E-state index in [1.165, 1.54) is 11.8 Å². The number of nitriles is 1. The number of carbonyl (C=O) groups excluding carboxylic acids is 1. The van der Waals surface area contributed by atoms with Crippen molar-refractivity contribution in [1.29, 1.82) is 5.26 Å². The van der Waals surface area contributed by atoms with E-state index in [1.54, 1.807) is 0 Å². The van der Waals surface area contributed by atoms with Gasteiger partial charge in [-0.2, -0.15) is 5.26 Å². The molecule has 0 radical (unpaired) electrons. The third-order valence-corrected chi connectivity index (χ3v) is 3.59. The zero-order valence-corrected chi connectivity index (χ0v) is 11.5. The van der Waals surface area contributed by atoms with Gasteiger partial charge in [-0.05, 0) is 31.7 Å². The summed E-state index contributed by atoms with van der Waals surface area (Å²) < 4.78 is 14.1. The first-order chi connectivity index (χ1) is 9.95. The summed E-state index contributed by atoms with van der Waals surface area (Å²) in [5, 5.41) is 19.9. The topological polar surface area (TPSA) is 87.2 Å². The van der Waals surface area contributed by atoms with Crippen molar-refractivity contribution >= 4 is 11.6 Å². The lowest BCUT2D eigenvalue weighted by molar-refractivity contribution is -0.385. The quantitative estimate of drug-likeness (QED) is 0.619. The van der Waals surface area contributed by atoms with Crippen LogP contribution in [-0.2, 0) is 0 Å². The molecule has 0 aromatic heterocycles. The van der Waals surface area contributed by atoms with Crippen molar-refractivity contribution in [2.45, 2.75) is 32.2 Å². The number of non-ortho nitro benzene ring substituents is 1. The SMILES string of the molecule is Cc1cc([N+](=O)[O-])cc(C(=O)N2CCCCC2C#N)c1F. The molecule has 0 N–H and O–H groups in total. The lowest BCUT2D eigenvalue weighted by atomic mass is 10.0. The number of aryl methyl sites for hydroxylation is 1. The minimum absolute atomic E-state index is 0.0399. The maximum absolute atomic E-state index is 14.1. The maximum atomic E-state index is 14.1. The Morgan fingerprint density at radius 1 is 1.52 bits per heavy atom. The number of likely N-dealkylation sites (tertiary alicyclic amines) is 1. The van der Waals surface area contributed by atoms with Crippen LogP contribution in [0.5, 0.6) is 0 Å². The Morgan fingerprint density at radius 2 is 2.24 bits per heavy atom. The summed E-state index contributed by atoms with van der Waals surface area (Å²) in [6, 6.07) is 3.44. The zero-order chi connectivity index (χ0) is 15.6. The molecule has 21 heavy (non-hydrogen) atoms. The second-order valence-corrected chi connectivity index (χ2v) is 5.02. The fourth-order valence-corrected chi connectivity index (χ4v) is 2.48. The van der Waals surface area contributed by atoms with Crippen LogP contribution < -0.4 is 0 Å². The van der Waals surface area contributed by atoms with E-state index in [-0.39, 0.29) is 16.8 Å². The number of rotatable bonds is 2. The van der Waals surface area contributed by atoms with Gasteiger partial charge >= 0.3 is 0 Å². The molecule has 0 aliphatic carbocycles. The normalized spacial score (nSPS) is 18.1. The number of hydrogen-bond donors (Lipinski definition) is 0. The molecule has 1 aliphatic rings. The van der Waals surface area contributed by atoms with Crippen LogP contribution in [0.25, 0.3) is 0 Å². The largest absolute Gasteiger partial charge is 0.323 e. The number of piperidine rings is 1. The number of carbonyl (C=O) groups is 1. The lowest BCUT2D eigenvalue weighted by Crippen LogP contribution is -2.43. The number of benzene rings is 1. The van der Waals surface area contributed by atoms with Gasteiger partial charge in [0, 0.05) is 18.7 Å². The highest BCUT2D eigenvalue weighted by molar-refractivity contribution is 5.96. The van der Waals surface area contributed by atoms with Crippen molar-refractivity contribution in [3.05, 3.63) is 39.2 Å². The lowest BCUT2D eigenvalue weighted by Gasteiger charge is -2.31. The van der Waals surface area contributed by atoms with E-state index in [0.717, 1.165) is 25.0 Å². The number of nitro groups is 1. The van der Waals surface area contributed by atoms with E-state index in [2.05, 4.69) is 0 Å². The van der Waals surface area contributed by atoms with Crippen LogP contribution in [0, 0.1) is 34.2 Å². The Morgan fingerprint density at radius 3 is 2.86 bits per heavy atom. The van der Waals surface area contributed by atoms with Gasteiger partial charge in [-0.3, -0.25) is 14.9 Å². The summed E-state index contributed by atoms with van der Waals surface area (Å²) in [4.78, 5) is 23.9. The first kappa shape index (κ1) is 14.9. The highest BCUT2D eigenvalue weighted by Gasteiger charge is 2.30. The monoisotopic (exact) mass is 291 g/mol. The van der Waals surface area contributed by atoms with Gasteiger partial charge in [-0.25, -0.2) is 4.39 Å². The summed E-state index contributed by atoms with van der Waals surface area (Å²) in [5.74, 6) is -1.43. The molecule has 7 heteroatoms. The van der Waals surface area contributed by atoms with Gasteiger partial charge in [0.2, 0.25) is 0 Å². The van der Waals surface area contributed by atoms with E-state index in [9.17, 15) is 19.3 Å². The van der Waals surface area contributed by atoms with E-state index < -0.39 is 22.7 Å². The number of nitro benzene ring substituents is 1. The maximum Gasteiger partial charge on any atom is 0.270 e. The number of nitrogens with zero attached hydrogens (tertiary/aromatic N) is 3. The van der Waals surface area contributed by atoms with Crippen LogP contribution in [0.2, 0.25) is 0 Å². The molecule has 1 unspecified atom stereocenters. The van der Waals surface area contributed by atoms with Crippen LogP contribution >= 0.6 is 0 Å². The number of amides is 1. The average Bonchev–Trinajstić information content (AvgIpc) is 2.48. The fraction of sp³-hybridized carbons (Fsp3) is 0.429. The Bertz CT molecular complexity index is 639. The predicted octanol–water partition coefficient (Wildman–Crippen LogP) is 2.56. The standard InChI is InChI=1S/C14H14FN3O3/c1-9-6-11(18(20)21)7-12(13(9)15)14(19)17-5-3-2-4-10(17)8-16/h6-7,10H,2-5H2,1H3. The second kappa shape index (κ2) is 5.87. The summed E-state index contributed by atoms with van der Waals surface area (Å²) in [6.45, 7) is 1.73. The molecular weight excluding hydrogens is 277 g/mol. The molecule has 1 atom stereocenters. The van der Waals surface area contributed by atoms with E-state index >= 15 is 0 Å². The van der Waals surface area contributed by atoms with Crippen molar-refractivity contribution in [2.24, 2.45) is 0 Å². The summed E-state index contributed by atoms with van der Waals surface area (Å²) in [5.41, 5.74) is -0.635. The van der Waals surface area contributed by atoms with Crippen molar-refractivity contribution in [2.75, 3.05) is 6.54 Å². The van der Waals surface area contributed by atoms with Gasteiger partial charge in [0.1, 0.15) is 11.9 Å². The van der Waals surface area contributed by atoms with Gasteiger partial charge in [0.15, 0.2) is 0 Å². The zero-order valence-electron chi connectivity index (χ0n) is 11.5. The average molecular weight is 291 g/mol. The van der Waals surface area contributed by atoms with Crippen LogP contribution in [0.4, 0.5) is 10.1 Å². The van der Waals surface area contributed by atoms with Gasteiger partial charge in [-0.15, -0.1) is 0 Å². The van der Waals surface area contributed by atoms with E-state index in [1.807, 2.05) is 6.07 Å². The van der Waals surface area contributed by atoms with Gasteiger partial charge in [0.05, 0.1) is 16.6 Å². The van der Waals surface area contributed by atoms with Gasteiger partial charge < -0.3 is 4.90 Å². The molecule has 1 amide bonds. The Balaban J connectivity index is 2.43. The van der Waals surface area contributed by atoms with Crippen molar-refractivity contribution in [1.82, 2.24) is 4.90 Å². The van der Waals surface area contributed by atoms with Crippen LogP contribution in [0.1, 0.15) is 35.2 Å². The van der Waals surface area contributed by atoms with E-state index in [4.69, 9.17) is 5.26 Å². The van der Waals surface area contributed by atoms with Gasteiger partial charge in [-0.1, -0.05) is 0 Å². The number of halogens is 1. The second-order valence-electron chi connectivity index (χ2n) is 5.02. The third kappa shape index (κ3) is 2.84. The smallest absolute Gasteiger partial charge is 0.270 e. The predicted molar refractivity (Wildman–Crippen MR) is 72.1 cm³/mol. The first-order valence-corrected chi connectivity index (χ1v) is 6.61. The van der Waals surface area contributed by atoms with Crippen molar-refractivity contribution in [3.63, 3.8) is 0 Å². The van der Waals surface area contributed by atoms with Crippen molar-refractivity contribution < 1.29 is 14.1 Å². The molecule has 1 aromatic rings. The molecule has 1 heterocycles. The molecule has 1 saturated heterocycles. The molecule has 0 spiro atoms. The van der Waals surface area contributed by atoms with Crippen LogP contribution in [0.15, 0.2) is 12.1 Å². The molecule has 1 aliphatic heterocycles. The van der Waals surface area contributed by atoms with E-state index in [0.29, 0.717) is 13.0 Å². The summed E-state index contributed by atoms with van der Waals surface area (Å²) in [7, 11) is 0. The Hall–Kier alpha value is -2.49. The minimum atomic E-state index is -0.770. The highest BCUT2D eigenvalue weighted by atomic mass is 19.1. The fourth-order valence-electron chi connectivity index (χ4n) is 2.48. The molecule has 110 valence electrons. The molecule has 6 nitrogen and oxygen atoms in total. The molecule has 2 rings (SSSR count). The third-order valence-electron chi connectivity index (χ3n) is 3.59. The minimum Gasteiger partial charge on any atom is -0.323 e. The van der Waals surface area contributed by atoms with Crippen LogP contribution in [0.3, 0.4) is 0 Å². The molecule has 1 fully saturated rings. The Kier molecular flexibility index (Phi) is 4.17. The highest BCUT2D eigenvalue weighted by Crippen LogP contribution is 2.25. The van der Waals surface area contributed by atoms with Crippen molar-refractivity contribution in [3.8, 4) is 6.07 Å². The van der Waals surface area contributed by atoms with Gasteiger partial charge in [0.25, 0.3) is 11.6 Å². The van der Waals surface area contributed by atoms with Crippen LogP contribution in [-0.4, -0.2) is 28.3 Å². The first-order valence-electron chi connectivity index (χ1n) is 6.61. The Labute approximate surface area is 120 Å².